The van der Waals surface area contributed by atoms with Crippen molar-refractivity contribution in [1.29, 1.82) is 0 Å². The highest BCUT2D eigenvalue weighted by atomic mass is 14.1. The lowest BCUT2D eigenvalue weighted by atomic mass is 9.95. The van der Waals surface area contributed by atoms with Gasteiger partial charge in [0.2, 0.25) is 0 Å². The highest BCUT2D eigenvalue weighted by Crippen LogP contribution is 2.28. The molecule has 0 radical (unpaired) electrons. The maximum Gasteiger partial charge on any atom is 0.0352 e. The van der Waals surface area contributed by atoms with Crippen molar-refractivity contribution >= 4 is 21.5 Å². The predicted octanol–water partition coefficient (Wildman–Crippen LogP) is 4.56. The Morgan fingerprint density at radius 2 is 1.39 bits per heavy atom. The molecule has 0 saturated heterocycles. The minimum absolute atomic E-state index is 0.818. The van der Waals surface area contributed by atoms with E-state index in [4.69, 9.17) is 0 Å². The molecule has 0 saturated carbocycles. The zero-order valence-corrected chi connectivity index (χ0v) is 10.4. The normalized spacial score (nSPS) is 10.3. The molecule has 0 amide bonds. The average Bonchev–Trinajstić information content (AvgIpc) is 2.43. The average molecular weight is 230 g/mol. The van der Waals surface area contributed by atoms with Crippen molar-refractivity contribution in [3.63, 3.8) is 0 Å². The van der Waals surface area contributed by atoms with E-state index in [2.05, 4.69) is 66.4 Å². The third-order valence-electron chi connectivity index (χ3n) is 3.32. The monoisotopic (exact) mass is 230 g/mol. The van der Waals surface area contributed by atoms with Gasteiger partial charge in [-0.1, -0.05) is 54.5 Å². The van der Waals surface area contributed by atoms with E-state index in [0.29, 0.717) is 0 Å². The van der Waals surface area contributed by atoms with Gasteiger partial charge in [-0.15, -0.1) is 5.92 Å². The number of hydrogen-bond donors (Lipinski definition) is 0. The van der Waals surface area contributed by atoms with Crippen LogP contribution < -0.4 is 0 Å². The summed E-state index contributed by atoms with van der Waals surface area (Å²) < 4.78 is 0. The van der Waals surface area contributed by atoms with Crippen molar-refractivity contribution in [3.05, 3.63) is 60.2 Å². The van der Waals surface area contributed by atoms with Gasteiger partial charge in [0.05, 0.1) is 0 Å². The first-order valence-corrected chi connectivity index (χ1v) is 6.19. The summed E-state index contributed by atoms with van der Waals surface area (Å²) in [5.74, 6) is 6.19. The molecule has 0 aromatic heterocycles. The molecule has 0 bridgehead atoms. The summed E-state index contributed by atoms with van der Waals surface area (Å²) in [4.78, 5) is 0. The van der Waals surface area contributed by atoms with Gasteiger partial charge in [-0.2, -0.15) is 0 Å². The Labute approximate surface area is 107 Å². The van der Waals surface area contributed by atoms with E-state index < -0.39 is 0 Å². The van der Waals surface area contributed by atoms with Crippen molar-refractivity contribution in [2.45, 2.75) is 13.3 Å². The van der Waals surface area contributed by atoms with Gasteiger partial charge in [-0.3, -0.25) is 0 Å². The van der Waals surface area contributed by atoms with Crippen LogP contribution in [0.4, 0.5) is 0 Å². The van der Waals surface area contributed by atoms with Gasteiger partial charge in [0.15, 0.2) is 0 Å². The summed E-state index contributed by atoms with van der Waals surface area (Å²) in [7, 11) is 0. The predicted molar refractivity (Wildman–Crippen MR) is 78.6 cm³/mol. The van der Waals surface area contributed by atoms with Crippen LogP contribution in [0.15, 0.2) is 54.6 Å². The third-order valence-corrected chi connectivity index (χ3v) is 3.32. The van der Waals surface area contributed by atoms with Crippen LogP contribution in [0.3, 0.4) is 0 Å². The molecule has 3 aromatic rings. The molecule has 0 unspecified atom stereocenters. The molecule has 0 aliphatic heterocycles. The van der Waals surface area contributed by atoms with Crippen LogP contribution >= 0.6 is 0 Å². The largest absolute Gasteiger partial charge is 0.106 e. The minimum atomic E-state index is 0.818. The summed E-state index contributed by atoms with van der Waals surface area (Å²) in [6, 6.07) is 19.4. The van der Waals surface area contributed by atoms with Crippen LogP contribution in [0.1, 0.15) is 12.5 Å². The zero-order valence-electron chi connectivity index (χ0n) is 10.4. The van der Waals surface area contributed by atoms with Crippen molar-refractivity contribution in [1.82, 2.24) is 0 Å². The van der Waals surface area contributed by atoms with Crippen molar-refractivity contribution < 1.29 is 0 Å². The molecule has 3 rings (SSSR count). The quantitative estimate of drug-likeness (QED) is 0.424. The molecule has 0 heterocycles. The first-order valence-electron chi connectivity index (χ1n) is 6.19. The molecule has 0 fully saturated rings. The van der Waals surface area contributed by atoms with Gasteiger partial charge in [0.1, 0.15) is 0 Å². The molecular formula is C18H14. The van der Waals surface area contributed by atoms with Crippen LogP contribution in [0.5, 0.6) is 0 Å². The van der Waals surface area contributed by atoms with Crippen LogP contribution in [0.25, 0.3) is 21.5 Å². The lowest BCUT2D eigenvalue weighted by molar-refractivity contribution is 1.39. The van der Waals surface area contributed by atoms with E-state index in [1.165, 1.54) is 27.1 Å². The molecule has 18 heavy (non-hydrogen) atoms. The smallest absolute Gasteiger partial charge is 0.0352 e. The summed E-state index contributed by atoms with van der Waals surface area (Å²) >= 11 is 0. The molecule has 0 spiro atoms. The van der Waals surface area contributed by atoms with Gasteiger partial charge in [0, 0.05) is 6.42 Å². The first-order chi connectivity index (χ1) is 8.90. The second kappa shape index (κ2) is 4.55. The Balaban J connectivity index is 2.44. The maximum absolute atomic E-state index is 3.20. The Bertz CT molecular complexity index is 716. The van der Waals surface area contributed by atoms with Crippen molar-refractivity contribution in [3.8, 4) is 11.8 Å². The van der Waals surface area contributed by atoms with Crippen LogP contribution in [-0.2, 0) is 6.42 Å². The van der Waals surface area contributed by atoms with Gasteiger partial charge >= 0.3 is 0 Å². The fourth-order valence-corrected chi connectivity index (χ4v) is 2.48. The zero-order chi connectivity index (χ0) is 12.4. The van der Waals surface area contributed by atoms with E-state index >= 15 is 0 Å². The van der Waals surface area contributed by atoms with E-state index in [0.717, 1.165) is 6.42 Å². The van der Waals surface area contributed by atoms with Gasteiger partial charge in [0.25, 0.3) is 0 Å². The summed E-state index contributed by atoms with van der Waals surface area (Å²) in [5.41, 5.74) is 1.35. The van der Waals surface area contributed by atoms with E-state index in [1.54, 1.807) is 0 Å². The molecule has 0 heteroatoms. The fourth-order valence-electron chi connectivity index (χ4n) is 2.48. The minimum Gasteiger partial charge on any atom is -0.106 e. The Kier molecular flexibility index (Phi) is 2.74. The first kappa shape index (κ1) is 10.9. The summed E-state index contributed by atoms with van der Waals surface area (Å²) in [6.45, 7) is 1.90. The SMILES string of the molecule is CC#CCc1c2ccccc2cc2ccccc12. The molecule has 0 aliphatic rings. The molecule has 3 aromatic carbocycles. The third kappa shape index (κ3) is 1.75. The molecule has 0 N–H and O–H groups in total. The Hall–Kier alpha value is -2.26. The van der Waals surface area contributed by atoms with Crippen molar-refractivity contribution in [2.75, 3.05) is 0 Å². The van der Waals surface area contributed by atoms with E-state index in [-0.39, 0.29) is 0 Å². The number of hydrogen-bond acceptors (Lipinski definition) is 0. The van der Waals surface area contributed by atoms with Crippen molar-refractivity contribution in [2.24, 2.45) is 0 Å². The van der Waals surface area contributed by atoms with E-state index in [9.17, 15) is 0 Å². The lowest BCUT2D eigenvalue weighted by Crippen LogP contribution is -1.88. The van der Waals surface area contributed by atoms with Gasteiger partial charge in [-0.25, -0.2) is 0 Å². The number of rotatable bonds is 1. The molecule has 86 valence electrons. The summed E-state index contributed by atoms with van der Waals surface area (Å²) in [5, 5.41) is 5.23. The second-order valence-electron chi connectivity index (χ2n) is 4.40. The molecule has 0 atom stereocenters. The Morgan fingerprint density at radius 1 is 0.833 bits per heavy atom. The molecular weight excluding hydrogens is 216 g/mol. The summed E-state index contributed by atoms with van der Waals surface area (Å²) in [6.07, 6.45) is 0.818. The second-order valence-corrected chi connectivity index (χ2v) is 4.40. The molecule has 0 nitrogen and oxygen atoms in total. The van der Waals surface area contributed by atoms with Gasteiger partial charge in [-0.05, 0) is 40.1 Å². The molecule has 0 aliphatic carbocycles. The highest BCUT2D eigenvalue weighted by Gasteiger charge is 2.05. The number of fused-ring (bicyclic) bond motifs is 2. The lowest BCUT2D eigenvalue weighted by Gasteiger charge is -2.09. The fraction of sp³-hybridized carbons (Fsp3) is 0.111. The van der Waals surface area contributed by atoms with Gasteiger partial charge < -0.3 is 0 Å². The van der Waals surface area contributed by atoms with Crippen LogP contribution in [0, 0.1) is 11.8 Å². The topological polar surface area (TPSA) is 0 Å². The standard InChI is InChI=1S/C18H14/c1-2-3-10-18-16-11-6-4-8-14(16)13-15-9-5-7-12-17(15)18/h4-9,11-13H,10H2,1H3. The number of benzene rings is 3. The Morgan fingerprint density at radius 3 is 1.94 bits per heavy atom. The van der Waals surface area contributed by atoms with E-state index in [1.807, 2.05) is 6.92 Å². The highest BCUT2D eigenvalue weighted by molar-refractivity contribution is 6.02. The van der Waals surface area contributed by atoms with Crippen LogP contribution in [-0.4, -0.2) is 0 Å². The van der Waals surface area contributed by atoms with Crippen LogP contribution in [0.2, 0.25) is 0 Å². The maximum atomic E-state index is 3.20.